The molecule has 0 aromatic heterocycles. The molecule has 1 rings (SSSR count). The number of hydrogen-bond donors (Lipinski definition) is 2. The molecule has 1 aromatic rings. The normalized spacial score (nSPS) is 15.2. The summed E-state index contributed by atoms with van der Waals surface area (Å²) in [5.74, 6) is 0.192. The highest BCUT2D eigenvalue weighted by Gasteiger charge is 2.12. The highest BCUT2D eigenvalue weighted by Crippen LogP contribution is 2.10. The number of benzene rings is 1. The summed E-state index contributed by atoms with van der Waals surface area (Å²) in [6, 6.07) is 10.3. The van der Waals surface area contributed by atoms with Crippen molar-refractivity contribution in [2.45, 2.75) is 45.3 Å². The van der Waals surface area contributed by atoms with Crippen LogP contribution in [0.3, 0.4) is 0 Å². The van der Waals surface area contributed by atoms with Crippen molar-refractivity contribution in [3.63, 3.8) is 0 Å². The number of rotatable bonds is 7. The van der Waals surface area contributed by atoms with Gasteiger partial charge in [0.25, 0.3) is 0 Å². The van der Waals surface area contributed by atoms with Crippen LogP contribution in [0.2, 0.25) is 0 Å². The highest BCUT2D eigenvalue weighted by atomic mass is 16.3. The van der Waals surface area contributed by atoms with Crippen LogP contribution in [0.15, 0.2) is 42.5 Å². The fraction of sp³-hybridized carbons (Fsp3) is 0.500. The van der Waals surface area contributed by atoms with Gasteiger partial charge in [0, 0.05) is 6.42 Å². The van der Waals surface area contributed by atoms with Gasteiger partial charge in [0.05, 0.1) is 12.2 Å². The van der Waals surface area contributed by atoms with Crippen molar-refractivity contribution >= 4 is 0 Å². The first kappa shape index (κ1) is 14.9. The fourth-order valence-corrected chi connectivity index (χ4v) is 1.75. The second kappa shape index (κ2) is 8.06. The summed E-state index contributed by atoms with van der Waals surface area (Å²) >= 11 is 0. The van der Waals surface area contributed by atoms with E-state index in [1.807, 2.05) is 38.1 Å². The molecule has 0 heterocycles. The molecule has 0 aliphatic carbocycles. The van der Waals surface area contributed by atoms with Crippen LogP contribution in [-0.2, 0) is 6.42 Å². The molecule has 0 aliphatic heterocycles. The Labute approximate surface area is 110 Å². The smallest absolute Gasteiger partial charge is 0.0745 e. The van der Waals surface area contributed by atoms with E-state index in [2.05, 4.69) is 12.1 Å². The predicted octanol–water partition coefficient (Wildman–Crippen LogP) is 2.94. The highest BCUT2D eigenvalue weighted by molar-refractivity contribution is 5.15. The summed E-state index contributed by atoms with van der Waals surface area (Å²) in [5, 5.41) is 19.4. The maximum absolute atomic E-state index is 9.72. The molecule has 0 spiro atoms. The van der Waals surface area contributed by atoms with Crippen molar-refractivity contribution in [1.82, 2.24) is 0 Å². The SMILES string of the molecule is CC(C)C(O)CC(O)/C=C/CCc1ccccc1. The maximum Gasteiger partial charge on any atom is 0.0745 e. The van der Waals surface area contributed by atoms with Crippen LogP contribution in [0.4, 0.5) is 0 Å². The zero-order chi connectivity index (χ0) is 13.4. The third kappa shape index (κ3) is 5.99. The van der Waals surface area contributed by atoms with E-state index in [9.17, 15) is 10.2 Å². The first-order chi connectivity index (χ1) is 8.59. The van der Waals surface area contributed by atoms with Crippen LogP contribution >= 0.6 is 0 Å². The van der Waals surface area contributed by atoms with Crippen molar-refractivity contribution < 1.29 is 10.2 Å². The topological polar surface area (TPSA) is 40.5 Å². The molecule has 100 valence electrons. The van der Waals surface area contributed by atoms with E-state index in [1.165, 1.54) is 5.56 Å². The number of allylic oxidation sites excluding steroid dienone is 1. The molecule has 0 saturated carbocycles. The summed E-state index contributed by atoms with van der Waals surface area (Å²) < 4.78 is 0. The Morgan fingerprint density at radius 2 is 1.78 bits per heavy atom. The van der Waals surface area contributed by atoms with Gasteiger partial charge in [0.2, 0.25) is 0 Å². The lowest BCUT2D eigenvalue weighted by Crippen LogP contribution is -2.20. The van der Waals surface area contributed by atoms with Gasteiger partial charge < -0.3 is 10.2 Å². The molecule has 2 heteroatoms. The van der Waals surface area contributed by atoms with Crippen molar-refractivity contribution in [3.05, 3.63) is 48.0 Å². The number of aliphatic hydroxyl groups excluding tert-OH is 2. The Balaban J connectivity index is 2.24. The van der Waals surface area contributed by atoms with E-state index in [0.29, 0.717) is 6.42 Å². The molecule has 18 heavy (non-hydrogen) atoms. The summed E-state index contributed by atoms with van der Waals surface area (Å²) in [5.41, 5.74) is 1.30. The van der Waals surface area contributed by atoms with Crippen LogP contribution in [0.1, 0.15) is 32.3 Å². The molecule has 0 amide bonds. The molecule has 2 unspecified atom stereocenters. The largest absolute Gasteiger partial charge is 0.393 e. The van der Waals surface area contributed by atoms with E-state index < -0.39 is 12.2 Å². The number of hydrogen-bond acceptors (Lipinski definition) is 2. The van der Waals surface area contributed by atoms with Crippen molar-refractivity contribution in [1.29, 1.82) is 0 Å². The number of aryl methyl sites for hydroxylation is 1. The maximum atomic E-state index is 9.72. The molecule has 0 aliphatic rings. The molecule has 0 radical (unpaired) electrons. The van der Waals surface area contributed by atoms with E-state index in [1.54, 1.807) is 6.08 Å². The molecule has 0 saturated heterocycles. The van der Waals surface area contributed by atoms with Gasteiger partial charge in [-0.05, 0) is 24.3 Å². The van der Waals surface area contributed by atoms with E-state index in [-0.39, 0.29) is 5.92 Å². The first-order valence-corrected chi connectivity index (χ1v) is 6.66. The van der Waals surface area contributed by atoms with E-state index in [0.717, 1.165) is 12.8 Å². The minimum atomic E-state index is -0.543. The van der Waals surface area contributed by atoms with Gasteiger partial charge in [-0.1, -0.05) is 56.3 Å². The van der Waals surface area contributed by atoms with E-state index >= 15 is 0 Å². The molecular weight excluding hydrogens is 224 g/mol. The lowest BCUT2D eigenvalue weighted by molar-refractivity contribution is 0.0713. The summed E-state index contributed by atoms with van der Waals surface area (Å²) in [7, 11) is 0. The van der Waals surface area contributed by atoms with E-state index in [4.69, 9.17) is 0 Å². The third-order valence-electron chi connectivity index (χ3n) is 3.05. The van der Waals surface area contributed by atoms with Crippen molar-refractivity contribution in [2.24, 2.45) is 5.92 Å². The molecule has 0 bridgehead atoms. The monoisotopic (exact) mass is 248 g/mol. The van der Waals surface area contributed by atoms with Crippen molar-refractivity contribution in [3.8, 4) is 0 Å². The van der Waals surface area contributed by atoms with Gasteiger partial charge in [-0.3, -0.25) is 0 Å². The Hall–Kier alpha value is -1.12. The lowest BCUT2D eigenvalue weighted by atomic mass is 10.0. The standard InChI is InChI=1S/C16H24O2/c1-13(2)16(18)12-15(17)11-7-6-10-14-8-4-3-5-9-14/h3-5,7-9,11,13,15-18H,6,10,12H2,1-2H3/b11-7+. The van der Waals surface area contributed by atoms with Crippen LogP contribution in [0.25, 0.3) is 0 Å². The lowest BCUT2D eigenvalue weighted by Gasteiger charge is -2.16. The minimum Gasteiger partial charge on any atom is -0.393 e. The fourth-order valence-electron chi connectivity index (χ4n) is 1.75. The zero-order valence-corrected chi connectivity index (χ0v) is 11.3. The van der Waals surface area contributed by atoms with Crippen molar-refractivity contribution in [2.75, 3.05) is 0 Å². The molecule has 2 N–H and O–H groups in total. The quantitative estimate of drug-likeness (QED) is 0.728. The number of aliphatic hydroxyl groups is 2. The summed E-state index contributed by atoms with van der Waals surface area (Å²) in [4.78, 5) is 0. The minimum absolute atomic E-state index is 0.192. The molecule has 1 aromatic carbocycles. The molecular formula is C16H24O2. The zero-order valence-electron chi connectivity index (χ0n) is 11.3. The summed E-state index contributed by atoms with van der Waals surface area (Å²) in [6.45, 7) is 3.91. The van der Waals surface area contributed by atoms with Gasteiger partial charge in [0.15, 0.2) is 0 Å². The third-order valence-corrected chi connectivity index (χ3v) is 3.05. The second-order valence-corrected chi connectivity index (χ2v) is 5.07. The average Bonchev–Trinajstić information content (AvgIpc) is 2.35. The predicted molar refractivity (Wildman–Crippen MR) is 75.4 cm³/mol. The van der Waals surface area contributed by atoms with Crippen LogP contribution < -0.4 is 0 Å². The summed E-state index contributed by atoms with van der Waals surface area (Å²) in [6.07, 6.45) is 5.12. The average molecular weight is 248 g/mol. The Bertz CT molecular complexity index is 343. The van der Waals surface area contributed by atoms with Crippen LogP contribution in [-0.4, -0.2) is 22.4 Å². The molecule has 0 fully saturated rings. The van der Waals surface area contributed by atoms with Gasteiger partial charge in [-0.2, -0.15) is 0 Å². The Morgan fingerprint density at radius 3 is 2.39 bits per heavy atom. The van der Waals surface area contributed by atoms with Gasteiger partial charge in [-0.25, -0.2) is 0 Å². The van der Waals surface area contributed by atoms with Gasteiger partial charge in [-0.15, -0.1) is 0 Å². The van der Waals surface area contributed by atoms with Crippen LogP contribution in [0, 0.1) is 5.92 Å². The Morgan fingerprint density at radius 1 is 1.11 bits per heavy atom. The van der Waals surface area contributed by atoms with Crippen LogP contribution in [0.5, 0.6) is 0 Å². The first-order valence-electron chi connectivity index (χ1n) is 6.66. The molecule has 2 nitrogen and oxygen atoms in total. The van der Waals surface area contributed by atoms with Gasteiger partial charge >= 0.3 is 0 Å². The second-order valence-electron chi connectivity index (χ2n) is 5.07. The molecule has 2 atom stereocenters. The van der Waals surface area contributed by atoms with Gasteiger partial charge in [0.1, 0.15) is 0 Å². The Kier molecular flexibility index (Phi) is 6.69.